The van der Waals surface area contributed by atoms with E-state index in [1.807, 2.05) is 37.3 Å². The van der Waals surface area contributed by atoms with Crippen LogP contribution in [0.15, 0.2) is 48.8 Å². The highest BCUT2D eigenvalue weighted by Crippen LogP contribution is 2.21. The van der Waals surface area contributed by atoms with E-state index in [1.165, 1.54) is 0 Å². The first-order valence-electron chi connectivity index (χ1n) is 9.34. The van der Waals surface area contributed by atoms with E-state index in [0.717, 1.165) is 60.6 Å². The number of hydrogen-bond donors (Lipinski definition) is 1. The van der Waals surface area contributed by atoms with Crippen LogP contribution in [-0.2, 0) is 11.3 Å². The lowest BCUT2D eigenvalue weighted by Gasteiger charge is -2.30. The van der Waals surface area contributed by atoms with Crippen LogP contribution in [0.5, 0.6) is 0 Å². The number of rotatable bonds is 4. The number of nitrogens with one attached hydrogen (secondary N) is 1. The highest BCUT2D eigenvalue weighted by Gasteiger charge is 2.25. The minimum absolute atomic E-state index is 0.0423. The van der Waals surface area contributed by atoms with Gasteiger partial charge in [-0.3, -0.25) is 14.7 Å². The summed E-state index contributed by atoms with van der Waals surface area (Å²) in [5.74, 6) is 0.977. The first-order valence-corrected chi connectivity index (χ1v) is 9.34. The zero-order chi connectivity index (χ0) is 18.6. The minimum atomic E-state index is 0.0423. The van der Waals surface area contributed by atoms with Gasteiger partial charge in [-0.05, 0) is 51.1 Å². The van der Waals surface area contributed by atoms with E-state index >= 15 is 0 Å². The molecule has 1 aromatic carbocycles. The van der Waals surface area contributed by atoms with Crippen molar-refractivity contribution in [3.05, 3.63) is 60.3 Å². The molecule has 3 heterocycles. The van der Waals surface area contributed by atoms with E-state index in [1.54, 1.807) is 12.4 Å². The average molecular weight is 361 g/mol. The smallest absolute Gasteiger partial charge is 0.227 e. The van der Waals surface area contributed by atoms with Crippen LogP contribution in [0.1, 0.15) is 24.4 Å². The lowest BCUT2D eigenvalue weighted by molar-refractivity contribution is -0.121. The number of piperidine rings is 1. The summed E-state index contributed by atoms with van der Waals surface area (Å²) in [5, 5.41) is 4.06. The van der Waals surface area contributed by atoms with Crippen molar-refractivity contribution < 1.29 is 4.79 Å². The third kappa shape index (κ3) is 4.11. The number of pyridine rings is 1. The molecule has 27 heavy (non-hydrogen) atoms. The summed E-state index contributed by atoms with van der Waals surface area (Å²) in [7, 11) is 0. The first kappa shape index (κ1) is 17.5. The maximum atomic E-state index is 12.4. The number of aromatic nitrogens is 3. The van der Waals surface area contributed by atoms with Crippen molar-refractivity contribution in [3.8, 4) is 0 Å². The molecule has 6 nitrogen and oxygen atoms in total. The monoisotopic (exact) mass is 361 g/mol. The predicted octanol–water partition coefficient (Wildman–Crippen LogP) is 3.18. The molecule has 0 atom stereocenters. The Labute approximate surface area is 158 Å². The van der Waals surface area contributed by atoms with Crippen LogP contribution in [-0.4, -0.2) is 38.8 Å². The molecule has 0 aliphatic carbocycles. The van der Waals surface area contributed by atoms with E-state index < -0.39 is 0 Å². The molecule has 0 saturated carbocycles. The second-order valence-electron chi connectivity index (χ2n) is 7.02. The Bertz CT molecular complexity index is 936. The summed E-state index contributed by atoms with van der Waals surface area (Å²) in [6.45, 7) is 4.51. The molecule has 1 fully saturated rings. The van der Waals surface area contributed by atoms with Crippen molar-refractivity contribution in [3.63, 3.8) is 0 Å². The number of amides is 1. The van der Waals surface area contributed by atoms with E-state index in [-0.39, 0.29) is 11.8 Å². The molecule has 0 spiro atoms. The van der Waals surface area contributed by atoms with Crippen LogP contribution >= 0.6 is 0 Å². The van der Waals surface area contributed by atoms with Gasteiger partial charge in [-0.15, -0.1) is 0 Å². The van der Waals surface area contributed by atoms with Gasteiger partial charge >= 0.3 is 0 Å². The number of fused-ring (bicyclic) bond motifs is 1. The van der Waals surface area contributed by atoms with Crippen LogP contribution in [0.4, 0.5) is 5.69 Å². The lowest BCUT2D eigenvalue weighted by atomic mass is 9.96. The molecule has 1 saturated heterocycles. The number of benzene rings is 1. The van der Waals surface area contributed by atoms with Gasteiger partial charge in [0.2, 0.25) is 5.91 Å². The van der Waals surface area contributed by atoms with E-state index in [9.17, 15) is 4.79 Å². The van der Waals surface area contributed by atoms with Gasteiger partial charge in [0.05, 0.1) is 23.9 Å². The summed E-state index contributed by atoms with van der Waals surface area (Å²) < 4.78 is 0. The number of para-hydroxylation sites is 1. The van der Waals surface area contributed by atoms with Crippen molar-refractivity contribution in [2.24, 2.45) is 5.92 Å². The maximum absolute atomic E-state index is 12.4. The average Bonchev–Trinajstić information content (AvgIpc) is 2.69. The van der Waals surface area contributed by atoms with E-state index in [2.05, 4.69) is 26.3 Å². The number of aryl methyl sites for hydroxylation is 1. The third-order valence-electron chi connectivity index (χ3n) is 5.09. The molecular formula is C21H23N5O. The summed E-state index contributed by atoms with van der Waals surface area (Å²) in [5.41, 5.74) is 2.76. The Hall–Kier alpha value is -2.86. The Balaban J connectivity index is 1.35. The normalized spacial score (nSPS) is 15.7. The molecular weight excluding hydrogens is 338 g/mol. The summed E-state index contributed by atoms with van der Waals surface area (Å²) in [4.78, 5) is 28.2. The molecule has 4 rings (SSSR count). The second kappa shape index (κ2) is 7.80. The number of carbonyl (C=O) groups is 1. The van der Waals surface area contributed by atoms with Crippen molar-refractivity contribution in [2.45, 2.75) is 26.3 Å². The molecule has 1 aliphatic heterocycles. The Kier molecular flexibility index (Phi) is 5.07. The molecule has 1 aliphatic rings. The van der Waals surface area contributed by atoms with E-state index in [0.29, 0.717) is 0 Å². The van der Waals surface area contributed by atoms with E-state index in [4.69, 9.17) is 4.98 Å². The van der Waals surface area contributed by atoms with Crippen molar-refractivity contribution >= 4 is 22.5 Å². The maximum Gasteiger partial charge on any atom is 0.227 e. The SMILES string of the molecule is Cc1nc(CN2CCC(C(=O)Nc3cccnc3)CC2)nc2ccccc12. The van der Waals surface area contributed by atoms with Gasteiger partial charge in [0.1, 0.15) is 5.82 Å². The Morgan fingerprint density at radius 1 is 1.15 bits per heavy atom. The largest absolute Gasteiger partial charge is 0.324 e. The molecule has 0 bridgehead atoms. The van der Waals surface area contributed by atoms with Gasteiger partial charge in [0.15, 0.2) is 0 Å². The van der Waals surface area contributed by atoms with Gasteiger partial charge in [0.25, 0.3) is 0 Å². The molecule has 1 amide bonds. The number of hydrogen-bond acceptors (Lipinski definition) is 5. The number of carbonyl (C=O) groups excluding carboxylic acids is 1. The Morgan fingerprint density at radius 2 is 1.96 bits per heavy atom. The third-order valence-corrected chi connectivity index (χ3v) is 5.09. The zero-order valence-electron chi connectivity index (χ0n) is 15.4. The van der Waals surface area contributed by atoms with Gasteiger partial charge < -0.3 is 5.32 Å². The number of anilines is 1. The lowest BCUT2D eigenvalue weighted by Crippen LogP contribution is -2.38. The van der Waals surface area contributed by atoms with Crippen molar-refractivity contribution in [2.75, 3.05) is 18.4 Å². The van der Waals surface area contributed by atoms with Crippen molar-refractivity contribution in [1.82, 2.24) is 19.9 Å². The molecule has 2 aromatic heterocycles. The molecule has 0 unspecified atom stereocenters. The summed E-state index contributed by atoms with van der Waals surface area (Å²) in [6.07, 6.45) is 5.06. The fourth-order valence-corrected chi connectivity index (χ4v) is 3.60. The Morgan fingerprint density at radius 3 is 2.74 bits per heavy atom. The first-order chi connectivity index (χ1) is 13.2. The van der Waals surface area contributed by atoms with Gasteiger partial charge in [0, 0.05) is 23.2 Å². The van der Waals surface area contributed by atoms with Crippen LogP contribution in [0.3, 0.4) is 0 Å². The highest BCUT2D eigenvalue weighted by molar-refractivity contribution is 5.92. The molecule has 1 N–H and O–H groups in total. The highest BCUT2D eigenvalue weighted by atomic mass is 16.1. The van der Waals surface area contributed by atoms with Gasteiger partial charge in [-0.1, -0.05) is 18.2 Å². The summed E-state index contributed by atoms with van der Waals surface area (Å²) >= 11 is 0. The van der Waals surface area contributed by atoms with Crippen molar-refractivity contribution in [1.29, 1.82) is 0 Å². The molecule has 3 aromatic rings. The quantitative estimate of drug-likeness (QED) is 0.773. The van der Waals surface area contributed by atoms with Crippen LogP contribution in [0.2, 0.25) is 0 Å². The van der Waals surface area contributed by atoms with Gasteiger partial charge in [-0.25, -0.2) is 9.97 Å². The molecule has 6 heteroatoms. The second-order valence-corrected chi connectivity index (χ2v) is 7.02. The van der Waals surface area contributed by atoms with Crippen LogP contribution in [0, 0.1) is 12.8 Å². The molecule has 138 valence electrons. The number of nitrogens with zero attached hydrogens (tertiary/aromatic N) is 4. The fourth-order valence-electron chi connectivity index (χ4n) is 3.60. The minimum Gasteiger partial charge on any atom is -0.324 e. The summed E-state index contributed by atoms with van der Waals surface area (Å²) in [6, 6.07) is 11.8. The van der Waals surface area contributed by atoms with Crippen LogP contribution < -0.4 is 5.32 Å². The standard InChI is InChI=1S/C21H23N5O/c1-15-18-6-2-3-7-19(18)25-20(23-15)14-26-11-8-16(9-12-26)21(27)24-17-5-4-10-22-13-17/h2-7,10,13,16H,8-9,11-12,14H2,1H3,(H,24,27). The molecule has 0 radical (unpaired) electrons. The van der Waals surface area contributed by atoms with Crippen LogP contribution in [0.25, 0.3) is 10.9 Å². The predicted molar refractivity (Wildman–Crippen MR) is 105 cm³/mol. The number of likely N-dealkylation sites (tertiary alicyclic amines) is 1. The fraction of sp³-hybridized carbons (Fsp3) is 0.333. The van der Waals surface area contributed by atoms with Gasteiger partial charge in [-0.2, -0.15) is 0 Å². The zero-order valence-corrected chi connectivity index (χ0v) is 15.4. The topological polar surface area (TPSA) is 71.0 Å².